The van der Waals surface area contributed by atoms with Crippen molar-refractivity contribution in [2.24, 2.45) is 5.92 Å². The molecular formula is C13H12ClNO4. The van der Waals surface area contributed by atoms with Crippen LogP contribution >= 0.6 is 11.6 Å². The van der Waals surface area contributed by atoms with Gasteiger partial charge >= 0.3 is 5.97 Å². The van der Waals surface area contributed by atoms with Crippen molar-refractivity contribution in [3.8, 4) is 0 Å². The molecule has 0 aromatic heterocycles. The number of esters is 1. The van der Waals surface area contributed by atoms with Crippen LogP contribution < -0.4 is 0 Å². The van der Waals surface area contributed by atoms with Gasteiger partial charge in [0.25, 0.3) is 5.91 Å². The number of hydrogen-bond acceptors (Lipinski definition) is 4. The smallest absolute Gasteiger partial charge is 0.318 e. The second kappa shape index (κ2) is 5.40. The second-order valence-corrected chi connectivity index (χ2v) is 4.67. The molecule has 1 aromatic rings. The molecule has 0 bridgehead atoms. The van der Waals surface area contributed by atoms with Crippen LogP contribution in [0.25, 0.3) is 0 Å². The van der Waals surface area contributed by atoms with Crippen molar-refractivity contribution in [3.05, 3.63) is 34.9 Å². The monoisotopic (exact) mass is 281 g/mol. The number of methoxy groups -OCH3 is 1. The molecule has 100 valence electrons. The van der Waals surface area contributed by atoms with Gasteiger partial charge in [-0.25, -0.2) is 0 Å². The molecule has 0 spiro atoms. The molecule has 1 amide bonds. The number of benzene rings is 1. The van der Waals surface area contributed by atoms with Gasteiger partial charge in [-0.3, -0.25) is 14.4 Å². The summed E-state index contributed by atoms with van der Waals surface area (Å²) in [5, 5.41) is 0.529. The molecule has 0 saturated carbocycles. The van der Waals surface area contributed by atoms with Gasteiger partial charge in [-0.2, -0.15) is 0 Å². The summed E-state index contributed by atoms with van der Waals surface area (Å²) in [6.45, 7) is -0.00576. The molecular weight excluding hydrogens is 270 g/mol. The first-order chi connectivity index (χ1) is 9.02. The van der Waals surface area contributed by atoms with E-state index in [1.807, 2.05) is 0 Å². The first-order valence-corrected chi connectivity index (χ1v) is 6.06. The van der Waals surface area contributed by atoms with Gasteiger partial charge in [0.15, 0.2) is 5.78 Å². The minimum absolute atomic E-state index is 0.0625. The maximum Gasteiger partial charge on any atom is 0.318 e. The van der Waals surface area contributed by atoms with Gasteiger partial charge in [-0.05, 0) is 24.3 Å². The normalized spacial score (nSPS) is 18.5. The van der Waals surface area contributed by atoms with Crippen molar-refractivity contribution in [1.29, 1.82) is 0 Å². The molecule has 1 aromatic carbocycles. The Labute approximate surface area is 115 Å². The van der Waals surface area contributed by atoms with Gasteiger partial charge in [0.1, 0.15) is 5.92 Å². The third-order valence-corrected chi connectivity index (χ3v) is 3.25. The van der Waals surface area contributed by atoms with Crippen LogP contribution in [0.3, 0.4) is 0 Å². The predicted molar refractivity (Wildman–Crippen MR) is 67.9 cm³/mol. The summed E-state index contributed by atoms with van der Waals surface area (Å²) in [5.41, 5.74) is 0.433. The molecule has 1 aliphatic heterocycles. The molecule has 0 aliphatic carbocycles. The van der Waals surface area contributed by atoms with Crippen LogP contribution in [-0.2, 0) is 14.3 Å². The Kier molecular flexibility index (Phi) is 3.85. The van der Waals surface area contributed by atoms with Crippen LogP contribution in [-0.4, -0.2) is 42.8 Å². The Bertz CT molecular complexity index is 526. The average Bonchev–Trinajstić information content (AvgIpc) is 2.80. The highest BCUT2D eigenvalue weighted by atomic mass is 35.5. The number of rotatable bonds is 2. The van der Waals surface area contributed by atoms with Crippen LogP contribution in [0.2, 0.25) is 5.02 Å². The topological polar surface area (TPSA) is 63.7 Å². The SMILES string of the molecule is COC(=O)C1CN(C(=O)c2ccc(Cl)cc2)CC1=O. The Morgan fingerprint density at radius 1 is 1.32 bits per heavy atom. The molecule has 1 unspecified atom stereocenters. The van der Waals surface area contributed by atoms with Crippen molar-refractivity contribution >= 4 is 29.3 Å². The zero-order valence-corrected chi connectivity index (χ0v) is 11.0. The molecule has 19 heavy (non-hydrogen) atoms. The van der Waals surface area contributed by atoms with Gasteiger partial charge in [-0.15, -0.1) is 0 Å². The van der Waals surface area contributed by atoms with Crippen LogP contribution in [0.5, 0.6) is 0 Å². The van der Waals surface area contributed by atoms with Crippen molar-refractivity contribution in [2.45, 2.75) is 0 Å². The number of carbonyl (C=O) groups excluding carboxylic acids is 3. The third-order valence-electron chi connectivity index (χ3n) is 3.00. The van der Waals surface area contributed by atoms with E-state index >= 15 is 0 Å². The Balaban J connectivity index is 2.12. The van der Waals surface area contributed by atoms with Crippen molar-refractivity contribution < 1.29 is 19.1 Å². The van der Waals surface area contributed by atoms with E-state index in [1.165, 1.54) is 12.0 Å². The van der Waals surface area contributed by atoms with Crippen LogP contribution in [0.15, 0.2) is 24.3 Å². The van der Waals surface area contributed by atoms with Crippen molar-refractivity contribution in [1.82, 2.24) is 4.90 Å². The summed E-state index contributed by atoms with van der Waals surface area (Å²) in [7, 11) is 1.22. The number of ether oxygens (including phenoxy) is 1. The Morgan fingerprint density at radius 3 is 2.53 bits per heavy atom. The number of halogens is 1. The van der Waals surface area contributed by atoms with E-state index in [-0.39, 0.29) is 24.8 Å². The number of ketones is 1. The van der Waals surface area contributed by atoms with E-state index in [2.05, 4.69) is 4.74 Å². The van der Waals surface area contributed by atoms with Crippen molar-refractivity contribution in [2.75, 3.05) is 20.2 Å². The average molecular weight is 282 g/mol. The lowest BCUT2D eigenvalue weighted by molar-refractivity contribution is -0.147. The first-order valence-electron chi connectivity index (χ1n) is 5.68. The number of carbonyl (C=O) groups is 3. The number of Topliss-reactive ketones (excluding diaryl/α,β-unsaturated/α-hetero) is 1. The summed E-state index contributed by atoms with van der Waals surface area (Å²) < 4.78 is 4.54. The fourth-order valence-corrected chi connectivity index (χ4v) is 2.09. The lowest BCUT2D eigenvalue weighted by Gasteiger charge is -2.14. The van der Waals surface area contributed by atoms with E-state index in [0.29, 0.717) is 10.6 Å². The second-order valence-electron chi connectivity index (χ2n) is 4.23. The minimum atomic E-state index is -0.874. The van der Waals surface area contributed by atoms with E-state index in [1.54, 1.807) is 24.3 Å². The third kappa shape index (κ3) is 2.76. The van der Waals surface area contributed by atoms with E-state index < -0.39 is 11.9 Å². The fourth-order valence-electron chi connectivity index (χ4n) is 1.96. The largest absolute Gasteiger partial charge is 0.468 e. The van der Waals surface area contributed by atoms with Crippen molar-refractivity contribution in [3.63, 3.8) is 0 Å². The standard InChI is InChI=1S/C13H12ClNO4/c1-19-13(18)10-6-15(7-11(10)16)12(17)8-2-4-9(14)5-3-8/h2-5,10H,6-7H2,1H3. The molecule has 2 rings (SSSR count). The van der Waals surface area contributed by atoms with Crippen LogP contribution in [0.1, 0.15) is 10.4 Å². The molecule has 6 heteroatoms. The zero-order chi connectivity index (χ0) is 14.0. The molecule has 1 saturated heterocycles. The summed E-state index contributed by atoms with van der Waals surface area (Å²) in [6.07, 6.45) is 0. The lowest BCUT2D eigenvalue weighted by Crippen LogP contribution is -2.30. The van der Waals surface area contributed by atoms with E-state index in [4.69, 9.17) is 11.6 Å². The van der Waals surface area contributed by atoms with Gasteiger partial charge in [0, 0.05) is 17.1 Å². The summed E-state index contributed by atoms with van der Waals surface area (Å²) in [4.78, 5) is 36.5. The van der Waals surface area contributed by atoms with Gasteiger partial charge in [0.2, 0.25) is 0 Å². The lowest BCUT2D eigenvalue weighted by atomic mass is 10.1. The molecule has 0 N–H and O–H groups in total. The van der Waals surface area contributed by atoms with E-state index in [0.717, 1.165) is 0 Å². The maximum absolute atomic E-state index is 12.1. The maximum atomic E-state index is 12.1. The Hall–Kier alpha value is -1.88. The first kappa shape index (κ1) is 13.5. The van der Waals surface area contributed by atoms with Gasteiger partial charge in [-0.1, -0.05) is 11.6 Å². The molecule has 1 atom stereocenters. The van der Waals surface area contributed by atoms with Gasteiger partial charge in [0.05, 0.1) is 13.7 Å². The highest BCUT2D eigenvalue weighted by molar-refractivity contribution is 6.30. The summed E-state index contributed by atoms with van der Waals surface area (Å²) >= 11 is 5.74. The van der Waals surface area contributed by atoms with E-state index in [9.17, 15) is 14.4 Å². The number of nitrogens with zero attached hydrogens (tertiary/aromatic N) is 1. The highest BCUT2D eigenvalue weighted by Gasteiger charge is 2.39. The number of hydrogen-bond donors (Lipinski definition) is 0. The van der Waals surface area contributed by atoms with Crippen LogP contribution in [0, 0.1) is 5.92 Å². The summed E-state index contributed by atoms with van der Waals surface area (Å²) in [6, 6.07) is 6.37. The molecule has 1 aliphatic rings. The van der Waals surface area contributed by atoms with Gasteiger partial charge < -0.3 is 9.64 Å². The Morgan fingerprint density at radius 2 is 1.95 bits per heavy atom. The molecule has 1 fully saturated rings. The zero-order valence-electron chi connectivity index (χ0n) is 10.3. The molecule has 1 heterocycles. The summed E-state index contributed by atoms with van der Waals surface area (Å²) in [5.74, 6) is -2.07. The minimum Gasteiger partial charge on any atom is -0.468 e. The molecule has 5 nitrogen and oxygen atoms in total. The quantitative estimate of drug-likeness (QED) is 0.603. The number of amides is 1. The molecule has 0 radical (unpaired) electrons. The predicted octanol–water partition coefficient (Wildman–Crippen LogP) is 1.15. The fraction of sp³-hybridized carbons (Fsp3) is 0.308. The number of likely N-dealkylation sites (tertiary alicyclic amines) is 1. The van der Waals surface area contributed by atoms with Crippen LogP contribution in [0.4, 0.5) is 0 Å². The highest BCUT2D eigenvalue weighted by Crippen LogP contribution is 2.18.